The maximum atomic E-state index is 12.4. The van der Waals surface area contributed by atoms with Crippen molar-refractivity contribution in [3.63, 3.8) is 0 Å². The quantitative estimate of drug-likeness (QED) is 0.285. The molecule has 1 rings (SSSR count). The second kappa shape index (κ2) is 13.7. The largest absolute Gasteiger partial charge is 0.493 e. The number of benzene rings is 1. The molecule has 168 valence electrons. The smallest absolute Gasteiger partial charge is 0.401 e. The monoisotopic (exact) mass is 532 g/mol. The molecule has 10 heteroatoms. The Morgan fingerprint density at radius 1 is 1.10 bits per heavy atom. The number of alkyl halides is 3. The molecule has 0 radical (unpaired) electrons. The minimum absolute atomic E-state index is 0. The summed E-state index contributed by atoms with van der Waals surface area (Å²) < 4.78 is 47.7. The molecule has 0 aliphatic carbocycles. The predicted molar refractivity (Wildman–Crippen MR) is 121 cm³/mol. The Labute approximate surface area is 188 Å². The van der Waals surface area contributed by atoms with Crippen LogP contribution in [-0.4, -0.2) is 83.0 Å². The van der Waals surface area contributed by atoms with Gasteiger partial charge in [-0.05, 0) is 38.1 Å². The number of ether oxygens (including phenoxy) is 2. The first-order chi connectivity index (χ1) is 13.2. The average molecular weight is 532 g/mol. The van der Waals surface area contributed by atoms with Gasteiger partial charge in [-0.1, -0.05) is 6.07 Å². The van der Waals surface area contributed by atoms with E-state index in [4.69, 9.17) is 9.47 Å². The van der Waals surface area contributed by atoms with Gasteiger partial charge in [0.15, 0.2) is 17.5 Å². The van der Waals surface area contributed by atoms with Crippen molar-refractivity contribution < 1.29 is 22.6 Å². The summed E-state index contributed by atoms with van der Waals surface area (Å²) in [7, 11) is 6.54. The van der Waals surface area contributed by atoms with Crippen molar-refractivity contribution in [1.82, 2.24) is 15.1 Å². The van der Waals surface area contributed by atoms with E-state index in [1.54, 1.807) is 14.2 Å². The van der Waals surface area contributed by atoms with E-state index < -0.39 is 12.7 Å². The molecule has 0 bridgehead atoms. The van der Waals surface area contributed by atoms with Crippen LogP contribution < -0.4 is 14.8 Å². The summed E-state index contributed by atoms with van der Waals surface area (Å²) >= 11 is 0. The maximum absolute atomic E-state index is 12.4. The number of nitrogens with one attached hydrogen (secondary N) is 1. The molecule has 0 aliphatic rings. The van der Waals surface area contributed by atoms with E-state index in [1.165, 1.54) is 11.9 Å². The van der Waals surface area contributed by atoms with Crippen LogP contribution in [0, 0.1) is 0 Å². The molecule has 0 atom stereocenters. The molecular weight excluding hydrogens is 500 g/mol. The normalized spacial score (nSPS) is 11.8. The number of rotatable bonds is 10. The lowest BCUT2D eigenvalue weighted by Crippen LogP contribution is -2.40. The highest BCUT2D eigenvalue weighted by molar-refractivity contribution is 14.0. The third-order valence-corrected chi connectivity index (χ3v) is 4.07. The Kier molecular flexibility index (Phi) is 13.1. The molecule has 0 unspecified atom stereocenters. The number of hydrogen-bond acceptors (Lipinski definition) is 4. The second-order valence-corrected chi connectivity index (χ2v) is 6.45. The first kappa shape index (κ1) is 27.6. The van der Waals surface area contributed by atoms with Gasteiger partial charge in [-0.25, -0.2) is 0 Å². The molecule has 0 spiro atoms. The Bertz CT molecular complexity index is 630. The Balaban J connectivity index is 0.00000784. The topological polar surface area (TPSA) is 49.3 Å². The zero-order valence-electron chi connectivity index (χ0n) is 17.7. The van der Waals surface area contributed by atoms with Crippen molar-refractivity contribution in [2.24, 2.45) is 4.99 Å². The molecule has 0 aromatic heterocycles. The van der Waals surface area contributed by atoms with Crippen LogP contribution >= 0.6 is 24.0 Å². The highest BCUT2D eigenvalue weighted by atomic mass is 127. The Hall–Kier alpha value is -1.43. The van der Waals surface area contributed by atoms with Gasteiger partial charge in [0.25, 0.3) is 0 Å². The highest BCUT2D eigenvalue weighted by Crippen LogP contribution is 2.27. The zero-order chi connectivity index (χ0) is 21.2. The Morgan fingerprint density at radius 2 is 1.76 bits per heavy atom. The highest BCUT2D eigenvalue weighted by Gasteiger charge is 2.28. The van der Waals surface area contributed by atoms with E-state index in [9.17, 15) is 13.2 Å². The fraction of sp³-hybridized carbons (Fsp3) is 0.632. The molecule has 1 aromatic carbocycles. The molecule has 0 fully saturated rings. The van der Waals surface area contributed by atoms with Gasteiger partial charge in [-0.3, -0.25) is 9.89 Å². The molecule has 0 saturated carbocycles. The van der Waals surface area contributed by atoms with Gasteiger partial charge >= 0.3 is 6.18 Å². The van der Waals surface area contributed by atoms with Crippen LogP contribution in [0.1, 0.15) is 12.5 Å². The summed E-state index contributed by atoms with van der Waals surface area (Å²) in [6.45, 7) is 2.91. The lowest BCUT2D eigenvalue weighted by Gasteiger charge is -2.23. The van der Waals surface area contributed by atoms with Crippen molar-refractivity contribution in [3.05, 3.63) is 23.8 Å². The molecule has 0 aliphatic heterocycles. The van der Waals surface area contributed by atoms with Crippen LogP contribution in [-0.2, 0) is 6.42 Å². The van der Waals surface area contributed by atoms with E-state index in [0.717, 1.165) is 12.0 Å². The molecular formula is C19H32F3IN4O2. The SMILES string of the molecule is CCNC(=NCCN(C)CC(F)(F)F)N(C)CCc1ccc(OC)c(OC)c1.I. The van der Waals surface area contributed by atoms with E-state index in [-0.39, 0.29) is 37.1 Å². The number of likely N-dealkylation sites (N-methyl/N-ethyl adjacent to an activating group) is 2. The lowest BCUT2D eigenvalue weighted by atomic mass is 10.1. The number of methoxy groups -OCH3 is 2. The van der Waals surface area contributed by atoms with Crippen molar-refractivity contribution in [2.45, 2.75) is 19.5 Å². The number of nitrogens with zero attached hydrogens (tertiary/aromatic N) is 3. The average Bonchev–Trinajstić information content (AvgIpc) is 2.63. The van der Waals surface area contributed by atoms with Gasteiger partial charge in [-0.2, -0.15) is 13.2 Å². The molecule has 0 heterocycles. The molecule has 0 saturated heterocycles. The van der Waals surface area contributed by atoms with E-state index in [0.29, 0.717) is 30.5 Å². The summed E-state index contributed by atoms with van der Waals surface area (Å²) in [5.74, 6) is 2.02. The second-order valence-electron chi connectivity index (χ2n) is 6.45. The van der Waals surface area contributed by atoms with Crippen LogP contribution in [0.25, 0.3) is 0 Å². The molecule has 29 heavy (non-hydrogen) atoms. The van der Waals surface area contributed by atoms with Gasteiger partial charge in [0.1, 0.15) is 0 Å². The predicted octanol–water partition coefficient (Wildman–Crippen LogP) is 3.26. The Morgan fingerprint density at radius 3 is 2.31 bits per heavy atom. The van der Waals surface area contributed by atoms with Gasteiger partial charge < -0.3 is 19.7 Å². The number of halogens is 4. The van der Waals surface area contributed by atoms with Crippen molar-refractivity contribution in [1.29, 1.82) is 0 Å². The summed E-state index contributed by atoms with van der Waals surface area (Å²) in [4.78, 5) is 7.62. The third kappa shape index (κ3) is 10.8. The van der Waals surface area contributed by atoms with E-state index in [2.05, 4.69) is 10.3 Å². The van der Waals surface area contributed by atoms with Crippen LogP contribution in [0.4, 0.5) is 13.2 Å². The standard InChI is InChI=1S/C19H31F3N4O2.HI/c1-6-23-18(24-10-12-25(2)14-19(20,21)22)26(3)11-9-15-7-8-16(27-4)17(13-15)28-5;/h7-8,13H,6,9-12,14H2,1-5H3,(H,23,24);1H. The number of hydrogen-bond donors (Lipinski definition) is 1. The van der Waals surface area contributed by atoms with Gasteiger partial charge in [0.05, 0.1) is 27.3 Å². The van der Waals surface area contributed by atoms with E-state index in [1.807, 2.05) is 37.1 Å². The molecule has 0 amide bonds. The van der Waals surface area contributed by atoms with Crippen LogP contribution in [0.5, 0.6) is 11.5 Å². The number of aliphatic imine (C=N–C) groups is 1. The van der Waals surface area contributed by atoms with Crippen molar-refractivity contribution in [3.8, 4) is 11.5 Å². The summed E-state index contributed by atoms with van der Waals surface area (Å²) in [6.07, 6.45) is -3.44. The van der Waals surface area contributed by atoms with Gasteiger partial charge in [0, 0.05) is 26.7 Å². The van der Waals surface area contributed by atoms with Crippen LogP contribution in [0.2, 0.25) is 0 Å². The zero-order valence-corrected chi connectivity index (χ0v) is 20.0. The molecule has 1 aromatic rings. The summed E-state index contributed by atoms with van der Waals surface area (Å²) in [5.41, 5.74) is 1.09. The summed E-state index contributed by atoms with van der Waals surface area (Å²) in [5, 5.41) is 3.17. The first-order valence-corrected chi connectivity index (χ1v) is 9.15. The minimum atomic E-state index is -4.20. The van der Waals surface area contributed by atoms with Crippen molar-refractivity contribution in [2.75, 3.05) is 61.0 Å². The molecule has 6 nitrogen and oxygen atoms in total. The van der Waals surface area contributed by atoms with E-state index >= 15 is 0 Å². The third-order valence-electron chi connectivity index (χ3n) is 4.07. The van der Waals surface area contributed by atoms with Crippen molar-refractivity contribution >= 4 is 29.9 Å². The fourth-order valence-electron chi connectivity index (χ4n) is 2.62. The van der Waals surface area contributed by atoms with Crippen LogP contribution in [0.3, 0.4) is 0 Å². The fourth-order valence-corrected chi connectivity index (χ4v) is 2.62. The lowest BCUT2D eigenvalue weighted by molar-refractivity contribution is -0.142. The number of guanidine groups is 1. The van der Waals surface area contributed by atoms with Gasteiger partial charge in [0.2, 0.25) is 0 Å². The molecule has 1 N–H and O–H groups in total. The van der Waals surface area contributed by atoms with Crippen LogP contribution in [0.15, 0.2) is 23.2 Å². The maximum Gasteiger partial charge on any atom is 0.401 e. The minimum Gasteiger partial charge on any atom is -0.493 e. The summed E-state index contributed by atoms with van der Waals surface area (Å²) in [6, 6.07) is 5.78. The first-order valence-electron chi connectivity index (χ1n) is 9.15. The van der Waals surface area contributed by atoms with Gasteiger partial charge in [-0.15, -0.1) is 24.0 Å².